The number of hydrogen-bond acceptors (Lipinski definition) is 5. The summed E-state index contributed by atoms with van der Waals surface area (Å²) < 4.78 is 16.2. The van der Waals surface area contributed by atoms with E-state index < -0.39 is 23.5 Å². The van der Waals surface area contributed by atoms with Gasteiger partial charge in [0.05, 0.1) is 13.2 Å². The molecule has 1 unspecified atom stereocenters. The Morgan fingerprint density at radius 3 is 2.08 bits per heavy atom. The number of ether oxygens (including phenoxy) is 3. The first-order chi connectivity index (χ1) is 11.5. The molecule has 5 heteroatoms. The molecular formula is C19H34O5. The summed E-state index contributed by atoms with van der Waals surface area (Å²) in [4.78, 5) is 24.9. The van der Waals surface area contributed by atoms with E-state index >= 15 is 0 Å². The minimum absolute atomic E-state index is 0.00441. The van der Waals surface area contributed by atoms with Crippen molar-refractivity contribution < 1.29 is 23.8 Å². The molecule has 0 spiro atoms. The molecule has 0 saturated heterocycles. The highest BCUT2D eigenvalue weighted by Crippen LogP contribution is 2.27. The SMILES string of the molecule is CCC(CC)(CC)OC(=O)C(COC)C(=O)OCC1CCCCC1. The number of rotatable bonds is 10. The third-order valence-electron chi connectivity index (χ3n) is 5.34. The lowest BCUT2D eigenvalue weighted by Gasteiger charge is -2.31. The van der Waals surface area contributed by atoms with Crippen molar-refractivity contribution in [1.82, 2.24) is 0 Å². The molecule has 1 atom stereocenters. The summed E-state index contributed by atoms with van der Waals surface area (Å²) >= 11 is 0. The van der Waals surface area contributed by atoms with Gasteiger partial charge < -0.3 is 14.2 Å². The van der Waals surface area contributed by atoms with Gasteiger partial charge in [0, 0.05) is 7.11 Å². The first kappa shape index (κ1) is 20.9. The minimum atomic E-state index is -0.998. The standard InChI is InChI=1S/C19H34O5/c1-5-19(6-2,7-3)24-18(21)16(14-22-4)17(20)23-13-15-11-9-8-10-12-15/h15-16H,5-14H2,1-4H3. The van der Waals surface area contributed by atoms with Crippen LogP contribution in [0.3, 0.4) is 0 Å². The molecule has 0 aliphatic heterocycles. The van der Waals surface area contributed by atoms with Gasteiger partial charge >= 0.3 is 11.9 Å². The summed E-state index contributed by atoms with van der Waals surface area (Å²) in [5.41, 5.74) is -0.507. The van der Waals surface area contributed by atoms with Crippen LogP contribution in [0.15, 0.2) is 0 Å². The molecule has 0 amide bonds. The second-order valence-corrected chi connectivity index (χ2v) is 6.81. The lowest BCUT2D eigenvalue weighted by Crippen LogP contribution is -2.40. The summed E-state index contributed by atoms with van der Waals surface area (Å²) in [6, 6.07) is 0. The fourth-order valence-corrected chi connectivity index (χ4v) is 3.30. The van der Waals surface area contributed by atoms with E-state index in [2.05, 4.69) is 0 Å². The quantitative estimate of drug-likeness (QED) is 0.445. The Balaban J connectivity index is 2.62. The van der Waals surface area contributed by atoms with Gasteiger partial charge in [-0.05, 0) is 38.0 Å². The number of carbonyl (C=O) groups excluding carboxylic acids is 2. The van der Waals surface area contributed by atoms with Crippen LogP contribution in [0.4, 0.5) is 0 Å². The fraction of sp³-hybridized carbons (Fsp3) is 0.895. The van der Waals surface area contributed by atoms with Crippen molar-refractivity contribution in [2.24, 2.45) is 11.8 Å². The minimum Gasteiger partial charge on any atom is -0.465 e. The number of carbonyl (C=O) groups is 2. The van der Waals surface area contributed by atoms with Crippen molar-refractivity contribution >= 4 is 11.9 Å². The topological polar surface area (TPSA) is 61.8 Å². The number of methoxy groups -OCH3 is 1. The zero-order valence-electron chi connectivity index (χ0n) is 15.8. The second-order valence-electron chi connectivity index (χ2n) is 6.81. The summed E-state index contributed by atoms with van der Waals surface area (Å²) in [6.07, 6.45) is 8.01. The van der Waals surface area contributed by atoms with Crippen molar-refractivity contribution in [3.05, 3.63) is 0 Å². The van der Waals surface area contributed by atoms with Crippen LogP contribution < -0.4 is 0 Å². The van der Waals surface area contributed by atoms with Crippen LogP contribution >= 0.6 is 0 Å². The molecule has 0 heterocycles. The van der Waals surface area contributed by atoms with E-state index in [-0.39, 0.29) is 6.61 Å². The van der Waals surface area contributed by atoms with Crippen LogP contribution in [0.25, 0.3) is 0 Å². The van der Waals surface area contributed by atoms with Crippen LogP contribution in [0.1, 0.15) is 72.1 Å². The van der Waals surface area contributed by atoms with Crippen molar-refractivity contribution in [1.29, 1.82) is 0 Å². The molecule has 1 aliphatic rings. The summed E-state index contributed by atoms with van der Waals surface area (Å²) in [5.74, 6) is -1.63. The van der Waals surface area contributed by atoms with Crippen LogP contribution in [0.5, 0.6) is 0 Å². The van der Waals surface area contributed by atoms with E-state index in [0.717, 1.165) is 32.1 Å². The molecule has 1 aliphatic carbocycles. The van der Waals surface area contributed by atoms with Crippen LogP contribution in [0, 0.1) is 11.8 Å². The summed E-state index contributed by atoms with van der Waals surface area (Å²) in [6.45, 7) is 6.37. The molecule has 1 rings (SSSR count). The Morgan fingerprint density at radius 2 is 1.58 bits per heavy atom. The molecule has 0 aromatic rings. The van der Waals surface area contributed by atoms with Crippen LogP contribution in [-0.2, 0) is 23.8 Å². The van der Waals surface area contributed by atoms with Crippen molar-refractivity contribution in [3.8, 4) is 0 Å². The maximum Gasteiger partial charge on any atom is 0.323 e. The number of esters is 2. The van der Waals surface area contributed by atoms with E-state index in [1.165, 1.54) is 26.4 Å². The van der Waals surface area contributed by atoms with Gasteiger partial charge in [-0.2, -0.15) is 0 Å². The molecule has 140 valence electrons. The summed E-state index contributed by atoms with van der Waals surface area (Å²) in [5, 5.41) is 0. The largest absolute Gasteiger partial charge is 0.465 e. The monoisotopic (exact) mass is 342 g/mol. The molecule has 0 aromatic heterocycles. The van der Waals surface area contributed by atoms with Crippen molar-refractivity contribution in [3.63, 3.8) is 0 Å². The van der Waals surface area contributed by atoms with Crippen LogP contribution in [-0.4, -0.2) is 37.9 Å². The average Bonchev–Trinajstić information content (AvgIpc) is 2.63. The zero-order valence-corrected chi connectivity index (χ0v) is 15.8. The van der Waals surface area contributed by atoms with E-state index in [4.69, 9.17) is 14.2 Å². The van der Waals surface area contributed by atoms with E-state index in [1.807, 2.05) is 20.8 Å². The Morgan fingerprint density at radius 1 is 1.00 bits per heavy atom. The highest BCUT2D eigenvalue weighted by Gasteiger charge is 2.36. The highest BCUT2D eigenvalue weighted by atomic mass is 16.6. The van der Waals surface area contributed by atoms with Crippen molar-refractivity contribution in [2.75, 3.05) is 20.3 Å². The Bertz CT molecular complexity index is 375. The molecule has 0 radical (unpaired) electrons. The average molecular weight is 342 g/mol. The molecule has 1 saturated carbocycles. The normalized spacial score (nSPS) is 17.3. The van der Waals surface area contributed by atoms with Gasteiger partial charge in [-0.1, -0.05) is 40.0 Å². The van der Waals surface area contributed by atoms with Crippen LogP contribution in [0.2, 0.25) is 0 Å². The molecule has 0 aromatic carbocycles. The molecule has 1 fully saturated rings. The zero-order chi connectivity index (χ0) is 18.0. The van der Waals surface area contributed by atoms with Crippen molar-refractivity contribution in [2.45, 2.75) is 77.7 Å². The van der Waals surface area contributed by atoms with Gasteiger partial charge in [0.2, 0.25) is 0 Å². The van der Waals surface area contributed by atoms with Gasteiger partial charge in [-0.25, -0.2) is 0 Å². The Kier molecular flexibility index (Phi) is 9.34. The Labute approximate surface area is 146 Å². The third-order valence-corrected chi connectivity index (χ3v) is 5.34. The molecular weight excluding hydrogens is 308 g/mol. The van der Waals surface area contributed by atoms with Gasteiger partial charge in [0.25, 0.3) is 0 Å². The first-order valence-corrected chi connectivity index (χ1v) is 9.40. The lowest BCUT2D eigenvalue weighted by molar-refractivity contribution is -0.176. The van der Waals surface area contributed by atoms with Gasteiger partial charge in [0.1, 0.15) is 5.60 Å². The summed E-state index contributed by atoms with van der Waals surface area (Å²) in [7, 11) is 1.47. The second kappa shape index (κ2) is 10.7. The van der Waals surface area contributed by atoms with Gasteiger partial charge in [-0.15, -0.1) is 0 Å². The Hall–Kier alpha value is -1.10. The lowest BCUT2D eigenvalue weighted by atomic mass is 9.90. The smallest absolute Gasteiger partial charge is 0.323 e. The molecule has 5 nitrogen and oxygen atoms in total. The highest BCUT2D eigenvalue weighted by molar-refractivity contribution is 5.95. The van der Waals surface area contributed by atoms with Gasteiger partial charge in [0.15, 0.2) is 5.92 Å². The maximum atomic E-state index is 12.5. The van der Waals surface area contributed by atoms with E-state index in [1.54, 1.807) is 0 Å². The van der Waals surface area contributed by atoms with E-state index in [0.29, 0.717) is 12.5 Å². The molecule has 24 heavy (non-hydrogen) atoms. The number of hydrogen-bond donors (Lipinski definition) is 0. The molecule has 0 N–H and O–H groups in total. The first-order valence-electron chi connectivity index (χ1n) is 9.40. The van der Waals surface area contributed by atoms with Gasteiger partial charge in [-0.3, -0.25) is 9.59 Å². The molecule has 0 bridgehead atoms. The maximum absolute atomic E-state index is 12.5. The fourth-order valence-electron chi connectivity index (χ4n) is 3.30. The predicted molar refractivity (Wildman–Crippen MR) is 92.6 cm³/mol. The predicted octanol–water partition coefficient (Wildman–Crippen LogP) is 3.88. The third kappa shape index (κ3) is 6.08. The van der Waals surface area contributed by atoms with E-state index in [9.17, 15) is 9.59 Å².